The molecule has 11 atom stereocenters. The molecule has 4 heteroatoms. The number of aliphatic hydroxyl groups excluding tert-OH is 2. The van der Waals surface area contributed by atoms with Gasteiger partial charge in [-0.2, -0.15) is 0 Å². The number of hydrogen-bond acceptors (Lipinski definition) is 4. The number of nitrogens with one attached hydrogen (secondary N) is 1. The second-order valence-corrected chi connectivity index (χ2v) is 12.5. The van der Waals surface area contributed by atoms with E-state index < -0.39 is 0 Å². The lowest BCUT2D eigenvalue weighted by Gasteiger charge is -2.60. The largest absolute Gasteiger partial charge is 0.396 e. The van der Waals surface area contributed by atoms with Gasteiger partial charge in [-0.1, -0.05) is 26.0 Å². The highest BCUT2D eigenvalue weighted by Crippen LogP contribution is 2.86. The standard InChI is InChI=1S/C26H44N2O2/c1-16(27-4)22-20(30)13-24(3)21-8-7-18-17(14-29)19(28(5)6)9-10-25(18)15-26(21,25)12-11-23(22,24)2/h7-8,16-22,27,29-30H,9-15H2,1-6H3/t16-,17-,18-,19-,20+,21-,22-,23+,24-,25+,26-/m0/s1. The van der Waals surface area contributed by atoms with Crippen LogP contribution in [0.15, 0.2) is 12.2 Å². The summed E-state index contributed by atoms with van der Waals surface area (Å²) in [6.07, 6.45) is 12.2. The molecule has 4 saturated carbocycles. The minimum atomic E-state index is -0.215. The van der Waals surface area contributed by atoms with Gasteiger partial charge in [-0.25, -0.2) is 0 Å². The molecule has 0 aromatic rings. The first-order valence-corrected chi connectivity index (χ1v) is 12.4. The van der Waals surface area contributed by atoms with E-state index in [2.05, 4.69) is 57.2 Å². The van der Waals surface area contributed by atoms with Crippen molar-refractivity contribution in [1.29, 1.82) is 0 Å². The van der Waals surface area contributed by atoms with Crippen LogP contribution in [0.4, 0.5) is 0 Å². The van der Waals surface area contributed by atoms with E-state index in [1.165, 1.54) is 32.1 Å². The summed E-state index contributed by atoms with van der Waals surface area (Å²) in [7, 11) is 6.40. The van der Waals surface area contributed by atoms with Gasteiger partial charge in [-0.15, -0.1) is 0 Å². The first-order chi connectivity index (χ1) is 14.1. The van der Waals surface area contributed by atoms with Crippen molar-refractivity contribution in [2.75, 3.05) is 27.7 Å². The van der Waals surface area contributed by atoms with E-state index in [1.54, 1.807) is 0 Å². The van der Waals surface area contributed by atoms with Gasteiger partial charge < -0.3 is 20.4 Å². The van der Waals surface area contributed by atoms with Crippen molar-refractivity contribution in [3.8, 4) is 0 Å². The summed E-state index contributed by atoms with van der Waals surface area (Å²) in [6.45, 7) is 7.56. The van der Waals surface area contributed by atoms with Crippen LogP contribution in [-0.4, -0.2) is 61.1 Å². The second-order valence-electron chi connectivity index (χ2n) is 12.5. The Bertz CT molecular complexity index is 739. The fraction of sp³-hybridized carbons (Fsp3) is 0.923. The van der Waals surface area contributed by atoms with Gasteiger partial charge in [0.1, 0.15) is 0 Å². The Morgan fingerprint density at radius 2 is 1.83 bits per heavy atom. The molecule has 30 heavy (non-hydrogen) atoms. The molecule has 0 radical (unpaired) electrons. The Labute approximate surface area is 183 Å². The lowest BCUT2D eigenvalue weighted by atomic mass is 9.44. The highest BCUT2D eigenvalue weighted by Gasteiger charge is 2.81. The fourth-order valence-corrected chi connectivity index (χ4v) is 10.2. The summed E-state index contributed by atoms with van der Waals surface area (Å²) in [4.78, 5) is 2.35. The Balaban J connectivity index is 1.54. The summed E-state index contributed by atoms with van der Waals surface area (Å²) in [5, 5.41) is 25.1. The molecule has 0 amide bonds. The van der Waals surface area contributed by atoms with Crippen LogP contribution < -0.4 is 5.32 Å². The van der Waals surface area contributed by atoms with Crippen LogP contribution in [0.25, 0.3) is 0 Å². The van der Waals surface area contributed by atoms with Crippen molar-refractivity contribution >= 4 is 0 Å². The van der Waals surface area contributed by atoms with Crippen molar-refractivity contribution in [2.24, 2.45) is 45.3 Å². The number of nitrogens with zero attached hydrogens (tertiary/aromatic N) is 1. The quantitative estimate of drug-likeness (QED) is 0.616. The Morgan fingerprint density at radius 3 is 2.47 bits per heavy atom. The van der Waals surface area contributed by atoms with Crippen LogP contribution in [-0.2, 0) is 0 Å². The highest BCUT2D eigenvalue weighted by molar-refractivity contribution is 5.36. The number of fused-ring (bicyclic) bond motifs is 2. The van der Waals surface area contributed by atoms with Gasteiger partial charge in [0.15, 0.2) is 0 Å². The summed E-state index contributed by atoms with van der Waals surface area (Å²) in [5.74, 6) is 1.77. The molecule has 5 aliphatic rings. The maximum Gasteiger partial charge on any atom is 0.0594 e. The normalized spacial score (nSPS) is 57.4. The fourth-order valence-electron chi connectivity index (χ4n) is 10.2. The van der Waals surface area contributed by atoms with E-state index in [0.717, 1.165) is 6.42 Å². The van der Waals surface area contributed by atoms with Crippen LogP contribution in [0.2, 0.25) is 0 Å². The monoisotopic (exact) mass is 416 g/mol. The van der Waals surface area contributed by atoms with Crippen LogP contribution >= 0.6 is 0 Å². The van der Waals surface area contributed by atoms with Crippen LogP contribution in [0, 0.1) is 45.3 Å². The van der Waals surface area contributed by atoms with Crippen molar-refractivity contribution in [1.82, 2.24) is 10.2 Å². The molecule has 0 aromatic heterocycles. The third-order valence-electron chi connectivity index (χ3n) is 11.8. The van der Waals surface area contributed by atoms with Crippen LogP contribution in [0.1, 0.15) is 59.3 Å². The maximum atomic E-state index is 11.2. The van der Waals surface area contributed by atoms with E-state index in [9.17, 15) is 10.2 Å². The van der Waals surface area contributed by atoms with E-state index in [4.69, 9.17) is 0 Å². The Morgan fingerprint density at radius 1 is 1.10 bits per heavy atom. The molecular formula is C26H44N2O2. The van der Waals surface area contributed by atoms with Gasteiger partial charge in [0.2, 0.25) is 0 Å². The summed E-state index contributed by atoms with van der Waals surface area (Å²) < 4.78 is 0. The number of rotatable bonds is 4. The zero-order chi connectivity index (χ0) is 21.7. The molecule has 4 nitrogen and oxygen atoms in total. The third-order valence-corrected chi connectivity index (χ3v) is 11.8. The molecule has 4 fully saturated rings. The molecule has 0 saturated heterocycles. The molecular weight excluding hydrogens is 372 g/mol. The van der Waals surface area contributed by atoms with E-state index in [-0.39, 0.29) is 16.9 Å². The predicted octanol–water partition coefficient (Wildman–Crippen LogP) is 3.29. The molecule has 5 rings (SSSR count). The SMILES string of the molecule is CN[C@@H](C)[C@H]1[C@H](O)C[C@@]2(C)[C@@H]3C=C[C@H]4[C@H](CO)[C@@H](N(C)C)CC[C@@]45C[C@@]35CC[C@]12C. The molecule has 3 N–H and O–H groups in total. The average Bonchev–Trinajstić information content (AvgIpc) is 3.31. The first kappa shape index (κ1) is 21.4. The highest BCUT2D eigenvalue weighted by atomic mass is 16.3. The predicted molar refractivity (Wildman–Crippen MR) is 121 cm³/mol. The van der Waals surface area contributed by atoms with E-state index >= 15 is 0 Å². The molecule has 5 aliphatic carbocycles. The van der Waals surface area contributed by atoms with E-state index in [0.29, 0.717) is 53.2 Å². The number of aliphatic hydroxyl groups is 2. The smallest absolute Gasteiger partial charge is 0.0594 e. The van der Waals surface area contributed by atoms with Crippen molar-refractivity contribution < 1.29 is 10.2 Å². The van der Waals surface area contributed by atoms with Gasteiger partial charge in [0.05, 0.1) is 6.10 Å². The lowest BCUT2D eigenvalue weighted by Crippen LogP contribution is -2.57. The molecule has 0 heterocycles. The molecule has 2 spiro atoms. The minimum absolute atomic E-state index is 0.151. The molecule has 0 aliphatic heterocycles. The van der Waals surface area contributed by atoms with Gasteiger partial charge in [-0.05, 0) is 100 Å². The zero-order valence-electron chi connectivity index (χ0n) is 20.0. The van der Waals surface area contributed by atoms with Crippen molar-refractivity contribution in [3.63, 3.8) is 0 Å². The van der Waals surface area contributed by atoms with Gasteiger partial charge in [0.25, 0.3) is 0 Å². The van der Waals surface area contributed by atoms with E-state index in [1.807, 2.05) is 7.05 Å². The summed E-state index contributed by atoms with van der Waals surface area (Å²) in [5.41, 5.74) is 1.12. The maximum absolute atomic E-state index is 11.2. The zero-order valence-corrected chi connectivity index (χ0v) is 20.0. The van der Waals surface area contributed by atoms with Crippen molar-refractivity contribution in [3.05, 3.63) is 12.2 Å². The molecule has 170 valence electrons. The topological polar surface area (TPSA) is 55.7 Å². The van der Waals surface area contributed by atoms with Crippen LogP contribution in [0.3, 0.4) is 0 Å². The first-order valence-electron chi connectivity index (χ1n) is 12.4. The summed E-state index contributed by atoms with van der Waals surface area (Å²) >= 11 is 0. The summed E-state index contributed by atoms with van der Waals surface area (Å²) in [6, 6.07) is 0.826. The molecule has 0 unspecified atom stereocenters. The van der Waals surface area contributed by atoms with Crippen molar-refractivity contribution in [2.45, 2.75) is 77.5 Å². The number of allylic oxidation sites excluding steroid dienone is 2. The molecule has 0 aromatic carbocycles. The average molecular weight is 417 g/mol. The van der Waals surface area contributed by atoms with Gasteiger partial charge in [-0.3, -0.25) is 0 Å². The second kappa shape index (κ2) is 6.56. The molecule has 0 bridgehead atoms. The third kappa shape index (κ3) is 2.27. The van der Waals surface area contributed by atoms with Gasteiger partial charge in [0, 0.05) is 30.5 Å². The Kier molecular flexibility index (Phi) is 4.68. The van der Waals surface area contributed by atoms with Crippen LogP contribution in [0.5, 0.6) is 0 Å². The van der Waals surface area contributed by atoms with Gasteiger partial charge >= 0.3 is 0 Å². The Hall–Kier alpha value is -0.420. The lowest BCUT2D eigenvalue weighted by molar-refractivity contribution is -0.0976. The number of hydrogen-bond donors (Lipinski definition) is 3. The minimum Gasteiger partial charge on any atom is -0.396 e.